The first-order valence-electron chi connectivity index (χ1n) is 7.92. The summed E-state index contributed by atoms with van der Waals surface area (Å²) in [6.45, 7) is 3.07. The maximum absolute atomic E-state index is 10.3. The second-order valence-electron chi connectivity index (χ2n) is 6.59. The molecule has 20 heavy (non-hydrogen) atoms. The summed E-state index contributed by atoms with van der Waals surface area (Å²) in [5.41, 5.74) is 7.37. The molecular formula is C17H26N2O. The third-order valence-electron chi connectivity index (χ3n) is 5.06. The minimum absolute atomic E-state index is 0.169. The fourth-order valence-electron chi connectivity index (χ4n) is 3.90. The van der Waals surface area contributed by atoms with E-state index in [1.165, 1.54) is 37.9 Å². The van der Waals surface area contributed by atoms with Crippen LogP contribution in [-0.4, -0.2) is 41.8 Å². The van der Waals surface area contributed by atoms with Crippen molar-refractivity contribution in [2.45, 2.75) is 37.8 Å². The molecule has 0 aromatic heterocycles. The molecule has 0 spiro atoms. The maximum Gasteiger partial charge on any atom is 0.0820 e. The monoisotopic (exact) mass is 274 g/mol. The second-order valence-corrected chi connectivity index (χ2v) is 6.59. The number of likely N-dealkylation sites (tertiary alicyclic amines) is 1. The number of aliphatic hydroxyl groups is 1. The van der Waals surface area contributed by atoms with Crippen molar-refractivity contribution in [3.05, 3.63) is 35.9 Å². The molecule has 4 unspecified atom stereocenters. The van der Waals surface area contributed by atoms with E-state index in [1.54, 1.807) is 0 Å². The Labute approximate surface area is 121 Å². The topological polar surface area (TPSA) is 49.5 Å². The van der Waals surface area contributed by atoms with Gasteiger partial charge in [-0.05, 0) is 36.7 Å². The van der Waals surface area contributed by atoms with Crippen molar-refractivity contribution in [3.63, 3.8) is 0 Å². The zero-order valence-corrected chi connectivity index (χ0v) is 12.1. The van der Waals surface area contributed by atoms with Crippen LogP contribution in [0, 0.1) is 11.8 Å². The van der Waals surface area contributed by atoms with Crippen LogP contribution in [0.1, 0.15) is 24.8 Å². The average molecular weight is 274 g/mol. The summed E-state index contributed by atoms with van der Waals surface area (Å²) in [5, 5.41) is 10.3. The molecule has 2 fully saturated rings. The zero-order chi connectivity index (χ0) is 13.9. The van der Waals surface area contributed by atoms with Gasteiger partial charge in [-0.3, -0.25) is 0 Å². The first kappa shape index (κ1) is 14.1. The molecule has 1 aliphatic carbocycles. The van der Waals surface area contributed by atoms with E-state index in [2.05, 4.69) is 17.0 Å². The number of aliphatic hydroxyl groups excluding tert-OH is 1. The first-order valence-corrected chi connectivity index (χ1v) is 7.92. The number of rotatable bonds is 5. The van der Waals surface area contributed by atoms with Crippen LogP contribution >= 0.6 is 0 Å². The van der Waals surface area contributed by atoms with Crippen LogP contribution in [0.15, 0.2) is 30.3 Å². The molecule has 3 rings (SSSR count). The normalized spacial score (nSPS) is 29.3. The molecule has 110 valence electrons. The fraction of sp³-hybridized carbons (Fsp3) is 0.647. The summed E-state index contributed by atoms with van der Waals surface area (Å²) in [6, 6.07) is 10.0. The maximum atomic E-state index is 10.3. The van der Waals surface area contributed by atoms with Crippen LogP contribution in [0.25, 0.3) is 0 Å². The Hall–Kier alpha value is -0.900. The molecule has 0 amide bonds. The van der Waals surface area contributed by atoms with Crippen LogP contribution in [-0.2, 0) is 6.42 Å². The summed E-state index contributed by atoms with van der Waals surface area (Å²) in [4.78, 5) is 2.42. The summed E-state index contributed by atoms with van der Waals surface area (Å²) in [7, 11) is 0. The molecule has 1 saturated carbocycles. The highest BCUT2D eigenvalue weighted by Crippen LogP contribution is 2.37. The van der Waals surface area contributed by atoms with E-state index in [1.807, 2.05) is 18.2 Å². The predicted molar refractivity (Wildman–Crippen MR) is 81.4 cm³/mol. The molecular weight excluding hydrogens is 248 g/mol. The molecule has 3 N–H and O–H groups in total. The number of nitrogens with two attached hydrogens (primary N) is 1. The molecule has 1 saturated heterocycles. The van der Waals surface area contributed by atoms with Gasteiger partial charge in [0.05, 0.1) is 6.10 Å². The van der Waals surface area contributed by atoms with Crippen molar-refractivity contribution in [1.82, 2.24) is 4.90 Å². The van der Waals surface area contributed by atoms with Gasteiger partial charge in [0.2, 0.25) is 0 Å². The highest BCUT2D eigenvalue weighted by molar-refractivity contribution is 5.16. The van der Waals surface area contributed by atoms with Gasteiger partial charge in [0.15, 0.2) is 0 Å². The lowest BCUT2D eigenvalue weighted by Gasteiger charge is -2.25. The van der Waals surface area contributed by atoms with Gasteiger partial charge >= 0.3 is 0 Å². The SMILES string of the molecule is NC(Cc1ccccc1)C(O)CN1CC2CCCC2C1. The standard InChI is InChI=1S/C17H26N2O/c18-16(9-13-5-2-1-3-6-13)17(20)12-19-10-14-7-4-8-15(14)11-19/h1-3,5-6,14-17,20H,4,7-12,18H2. The molecule has 4 atom stereocenters. The zero-order valence-electron chi connectivity index (χ0n) is 12.1. The Kier molecular flexibility index (Phi) is 4.39. The van der Waals surface area contributed by atoms with E-state index in [9.17, 15) is 5.11 Å². The molecule has 1 aromatic rings. The van der Waals surface area contributed by atoms with E-state index in [4.69, 9.17) is 5.73 Å². The third-order valence-corrected chi connectivity index (χ3v) is 5.06. The Morgan fingerprint density at radius 2 is 1.80 bits per heavy atom. The predicted octanol–water partition coefficient (Wildman–Crippen LogP) is 1.65. The molecule has 3 nitrogen and oxygen atoms in total. The fourth-order valence-corrected chi connectivity index (χ4v) is 3.90. The largest absolute Gasteiger partial charge is 0.390 e. The number of β-amino-alcohol motifs (C(OH)–C–C–N with tert-alkyl or cyclic N) is 1. The smallest absolute Gasteiger partial charge is 0.0820 e. The molecule has 0 radical (unpaired) electrons. The van der Waals surface area contributed by atoms with Crippen LogP contribution in [0.2, 0.25) is 0 Å². The van der Waals surface area contributed by atoms with Crippen molar-refractivity contribution < 1.29 is 5.11 Å². The van der Waals surface area contributed by atoms with Gasteiger partial charge in [0.25, 0.3) is 0 Å². The molecule has 3 heteroatoms. The quantitative estimate of drug-likeness (QED) is 0.858. The molecule has 1 aromatic carbocycles. The number of nitrogens with zero attached hydrogens (tertiary/aromatic N) is 1. The number of hydrogen-bond donors (Lipinski definition) is 2. The van der Waals surface area contributed by atoms with E-state index in [0.29, 0.717) is 0 Å². The van der Waals surface area contributed by atoms with Crippen molar-refractivity contribution in [2.24, 2.45) is 17.6 Å². The Morgan fingerprint density at radius 1 is 1.15 bits per heavy atom. The van der Waals surface area contributed by atoms with E-state index < -0.39 is 6.10 Å². The van der Waals surface area contributed by atoms with E-state index in [0.717, 1.165) is 24.8 Å². The second kappa shape index (κ2) is 6.25. The van der Waals surface area contributed by atoms with Crippen LogP contribution in [0.3, 0.4) is 0 Å². The molecule has 1 aliphatic heterocycles. The summed E-state index contributed by atoms with van der Waals surface area (Å²) >= 11 is 0. The van der Waals surface area contributed by atoms with Gasteiger partial charge < -0.3 is 15.7 Å². The minimum atomic E-state index is -0.422. The summed E-state index contributed by atoms with van der Waals surface area (Å²) in [5.74, 6) is 1.76. The number of benzene rings is 1. The first-order chi connectivity index (χ1) is 9.72. The van der Waals surface area contributed by atoms with Gasteiger partial charge in [0.1, 0.15) is 0 Å². The van der Waals surface area contributed by atoms with Crippen molar-refractivity contribution in [1.29, 1.82) is 0 Å². The lowest BCUT2D eigenvalue weighted by Crippen LogP contribution is -2.44. The lowest BCUT2D eigenvalue weighted by molar-refractivity contribution is 0.0978. The number of hydrogen-bond acceptors (Lipinski definition) is 3. The highest BCUT2D eigenvalue weighted by Gasteiger charge is 2.36. The van der Waals surface area contributed by atoms with Crippen molar-refractivity contribution >= 4 is 0 Å². The van der Waals surface area contributed by atoms with E-state index >= 15 is 0 Å². The third kappa shape index (κ3) is 3.22. The summed E-state index contributed by atoms with van der Waals surface area (Å²) < 4.78 is 0. The Bertz CT molecular complexity index is 410. The lowest BCUT2D eigenvalue weighted by atomic mass is 10.0. The molecule has 1 heterocycles. The van der Waals surface area contributed by atoms with Crippen molar-refractivity contribution in [2.75, 3.05) is 19.6 Å². The van der Waals surface area contributed by atoms with Crippen LogP contribution in [0.5, 0.6) is 0 Å². The molecule has 2 aliphatic rings. The van der Waals surface area contributed by atoms with Gasteiger partial charge in [-0.2, -0.15) is 0 Å². The minimum Gasteiger partial charge on any atom is -0.390 e. The van der Waals surface area contributed by atoms with Gasteiger partial charge in [-0.25, -0.2) is 0 Å². The van der Waals surface area contributed by atoms with E-state index in [-0.39, 0.29) is 6.04 Å². The van der Waals surface area contributed by atoms with Gasteiger partial charge in [-0.1, -0.05) is 36.8 Å². The van der Waals surface area contributed by atoms with Gasteiger partial charge in [0, 0.05) is 25.7 Å². The molecule has 0 bridgehead atoms. The van der Waals surface area contributed by atoms with Gasteiger partial charge in [-0.15, -0.1) is 0 Å². The summed E-state index contributed by atoms with van der Waals surface area (Å²) in [6.07, 6.45) is 4.50. The van der Waals surface area contributed by atoms with Crippen LogP contribution in [0.4, 0.5) is 0 Å². The van der Waals surface area contributed by atoms with Crippen LogP contribution < -0.4 is 5.73 Å². The number of fused-ring (bicyclic) bond motifs is 1. The Morgan fingerprint density at radius 3 is 2.45 bits per heavy atom. The Balaban J connectivity index is 1.48. The highest BCUT2D eigenvalue weighted by atomic mass is 16.3. The average Bonchev–Trinajstić information content (AvgIpc) is 3.00. The van der Waals surface area contributed by atoms with Crippen molar-refractivity contribution in [3.8, 4) is 0 Å².